The number of allylic oxidation sites excluding steroid dienone is 1. The van der Waals surface area contributed by atoms with Crippen LogP contribution < -0.4 is 0 Å². The quantitative estimate of drug-likeness (QED) is 0.760. The van der Waals surface area contributed by atoms with Crippen molar-refractivity contribution in [2.45, 2.75) is 57.5 Å². The van der Waals surface area contributed by atoms with Crippen LogP contribution in [0.1, 0.15) is 49.7 Å². The Labute approximate surface area is 146 Å². The van der Waals surface area contributed by atoms with Gasteiger partial charge in [-0.25, -0.2) is 0 Å². The van der Waals surface area contributed by atoms with E-state index in [2.05, 4.69) is 47.1 Å². The molecule has 0 saturated carbocycles. The molecule has 0 amide bonds. The lowest BCUT2D eigenvalue weighted by Crippen LogP contribution is -2.62. The second-order valence-electron chi connectivity index (χ2n) is 8.57. The number of fused-ring (bicyclic) bond motifs is 6. The summed E-state index contributed by atoms with van der Waals surface area (Å²) < 4.78 is 0. The minimum Gasteiger partial charge on any atom is -0.368 e. The van der Waals surface area contributed by atoms with Gasteiger partial charge in [-0.2, -0.15) is 0 Å². The molecule has 2 nitrogen and oxygen atoms in total. The Morgan fingerprint density at radius 1 is 0.917 bits per heavy atom. The Hall–Kier alpha value is -1.28. The Bertz CT molecular complexity index is 632. The molecular formula is C22H30N2. The van der Waals surface area contributed by atoms with E-state index >= 15 is 0 Å². The molecule has 0 spiro atoms. The second kappa shape index (κ2) is 5.91. The Kier molecular flexibility index (Phi) is 3.70. The molecule has 4 atom stereocenters. The molecule has 1 aromatic rings. The van der Waals surface area contributed by atoms with Crippen molar-refractivity contribution < 1.29 is 0 Å². The van der Waals surface area contributed by atoms with Crippen molar-refractivity contribution in [3.05, 3.63) is 41.5 Å². The van der Waals surface area contributed by atoms with Crippen molar-refractivity contribution in [1.29, 1.82) is 0 Å². The largest absolute Gasteiger partial charge is 0.368 e. The number of aryl methyl sites for hydroxylation is 1. The predicted molar refractivity (Wildman–Crippen MR) is 99.7 cm³/mol. The fourth-order valence-electron chi connectivity index (χ4n) is 6.00. The van der Waals surface area contributed by atoms with Gasteiger partial charge in [0.2, 0.25) is 0 Å². The molecule has 1 aromatic carbocycles. The van der Waals surface area contributed by atoms with E-state index in [0.717, 1.165) is 23.9 Å². The van der Waals surface area contributed by atoms with Crippen LogP contribution in [-0.4, -0.2) is 41.5 Å². The van der Waals surface area contributed by atoms with Gasteiger partial charge in [0.15, 0.2) is 0 Å². The van der Waals surface area contributed by atoms with Crippen LogP contribution in [0.25, 0.3) is 5.70 Å². The number of hydrogen-bond donors (Lipinski definition) is 0. The van der Waals surface area contributed by atoms with Crippen molar-refractivity contribution in [3.8, 4) is 0 Å². The van der Waals surface area contributed by atoms with E-state index in [0.29, 0.717) is 0 Å². The van der Waals surface area contributed by atoms with Gasteiger partial charge in [0.05, 0.1) is 0 Å². The third-order valence-electron chi connectivity index (χ3n) is 7.12. The molecule has 5 rings (SSSR count). The number of hydrogen-bond acceptors (Lipinski definition) is 2. The third-order valence-corrected chi connectivity index (χ3v) is 7.12. The highest BCUT2D eigenvalue weighted by molar-refractivity contribution is 5.65. The molecule has 0 radical (unpaired) electrons. The standard InChI is InChI=1S/C22H30N2/c1-16-8-10-17(11-9-16)21-6-4-7-22-18-13-19(15-24(21)22)20-5-2-3-12-23(20)14-18/h6,8-11,18-20,22H,2-5,7,12-15H2,1H3/t18-,19-,20-,22+/m0/s1. The van der Waals surface area contributed by atoms with E-state index in [9.17, 15) is 0 Å². The zero-order valence-electron chi connectivity index (χ0n) is 15.0. The van der Waals surface area contributed by atoms with Gasteiger partial charge >= 0.3 is 0 Å². The second-order valence-corrected chi connectivity index (χ2v) is 8.57. The summed E-state index contributed by atoms with van der Waals surface area (Å²) in [6.45, 7) is 6.21. The number of nitrogens with zero attached hydrogens (tertiary/aromatic N) is 2. The summed E-state index contributed by atoms with van der Waals surface area (Å²) in [5.74, 6) is 1.79. The van der Waals surface area contributed by atoms with E-state index in [-0.39, 0.29) is 0 Å². The molecule has 24 heavy (non-hydrogen) atoms. The van der Waals surface area contributed by atoms with Gasteiger partial charge in [-0.1, -0.05) is 42.3 Å². The van der Waals surface area contributed by atoms with Gasteiger partial charge in [0.25, 0.3) is 0 Å². The molecule has 4 aliphatic rings. The zero-order valence-corrected chi connectivity index (χ0v) is 15.0. The molecule has 0 N–H and O–H groups in total. The van der Waals surface area contributed by atoms with Crippen LogP contribution in [0.3, 0.4) is 0 Å². The molecule has 3 saturated heterocycles. The molecular weight excluding hydrogens is 292 g/mol. The molecule has 0 aromatic heterocycles. The van der Waals surface area contributed by atoms with Crippen molar-refractivity contribution >= 4 is 5.70 Å². The fraction of sp³-hybridized carbons (Fsp3) is 0.636. The number of piperidine rings is 3. The monoisotopic (exact) mass is 322 g/mol. The van der Waals surface area contributed by atoms with E-state index in [1.807, 2.05) is 0 Å². The summed E-state index contributed by atoms with van der Waals surface area (Å²) in [5, 5.41) is 0. The summed E-state index contributed by atoms with van der Waals surface area (Å²) in [5.41, 5.74) is 4.33. The number of rotatable bonds is 1. The smallest absolute Gasteiger partial charge is 0.0402 e. The summed E-state index contributed by atoms with van der Waals surface area (Å²) >= 11 is 0. The van der Waals surface area contributed by atoms with Gasteiger partial charge in [0.1, 0.15) is 0 Å². The maximum atomic E-state index is 2.86. The predicted octanol–water partition coefficient (Wildman–Crippen LogP) is 4.30. The molecule has 2 heteroatoms. The van der Waals surface area contributed by atoms with Gasteiger partial charge < -0.3 is 4.90 Å². The normalized spacial score (nSPS) is 35.9. The highest BCUT2D eigenvalue weighted by Gasteiger charge is 2.47. The lowest BCUT2D eigenvalue weighted by molar-refractivity contribution is -0.0456. The van der Waals surface area contributed by atoms with Crippen LogP contribution in [0.5, 0.6) is 0 Å². The van der Waals surface area contributed by atoms with Gasteiger partial charge in [-0.05, 0) is 63.0 Å². The van der Waals surface area contributed by atoms with Crippen molar-refractivity contribution in [3.63, 3.8) is 0 Å². The first-order valence-corrected chi connectivity index (χ1v) is 10.1. The van der Waals surface area contributed by atoms with Crippen LogP contribution in [0.2, 0.25) is 0 Å². The molecule has 128 valence electrons. The fourth-order valence-corrected chi connectivity index (χ4v) is 6.00. The van der Waals surface area contributed by atoms with E-state index < -0.39 is 0 Å². The van der Waals surface area contributed by atoms with E-state index in [4.69, 9.17) is 0 Å². The average molecular weight is 322 g/mol. The van der Waals surface area contributed by atoms with Crippen LogP contribution in [0.15, 0.2) is 30.3 Å². The summed E-state index contributed by atoms with van der Waals surface area (Å²) in [6.07, 6.45) is 11.0. The van der Waals surface area contributed by atoms with Crippen molar-refractivity contribution in [2.75, 3.05) is 19.6 Å². The lowest BCUT2D eigenvalue weighted by Gasteiger charge is -2.57. The Morgan fingerprint density at radius 3 is 2.62 bits per heavy atom. The van der Waals surface area contributed by atoms with Crippen molar-refractivity contribution in [2.24, 2.45) is 11.8 Å². The van der Waals surface area contributed by atoms with Crippen LogP contribution in [0.4, 0.5) is 0 Å². The average Bonchev–Trinajstić information content (AvgIpc) is 2.62. The molecule has 4 aliphatic heterocycles. The topological polar surface area (TPSA) is 6.48 Å². The first-order chi connectivity index (χ1) is 11.8. The van der Waals surface area contributed by atoms with Gasteiger partial charge in [-0.3, -0.25) is 4.90 Å². The molecule has 0 aliphatic carbocycles. The Morgan fingerprint density at radius 2 is 1.75 bits per heavy atom. The van der Waals surface area contributed by atoms with Crippen molar-refractivity contribution in [1.82, 2.24) is 9.80 Å². The summed E-state index contributed by atoms with van der Waals surface area (Å²) in [4.78, 5) is 5.68. The SMILES string of the molecule is Cc1ccc(C2=CCC[C@@H]3[C@H]4C[C@@H](CN23)[C@@H]2CCCCN2C4)cc1. The first-order valence-electron chi connectivity index (χ1n) is 10.1. The minimum atomic E-state index is 0.783. The minimum absolute atomic E-state index is 0.783. The Balaban J connectivity index is 1.45. The van der Waals surface area contributed by atoms with Gasteiger partial charge in [0, 0.05) is 30.9 Å². The first kappa shape index (κ1) is 15.0. The lowest BCUT2D eigenvalue weighted by atomic mass is 9.71. The van der Waals surface area contributed by atoms with Crippen LogP contribution in [-0.2, 0) is 0 Å². The molecule has 2 bridgehead atoms. The summed E-state index contributed by atoms with van der Waals surface area (Å²) in [7, 11) is 0. The molecule has 0 unspecified atom stereocenters. The number of benzene rings is 1. The van der Waals surface area contributed by atoms with Crippen LogP contribution >= 0.6 is 0 Å². The third kappa shape index (κ3) is 2.42. The van der Waals surface area contributed by atoms with E-state index in [1.165, 1.54) is 75.0 Å². The van der Waals surface area contributed by atoms with Crippen LogP contribution in [0, 0.1) is 18.8 Å². The highest BCUT2D eigenvalue weighted by Crippen LogP contribution is 2.45. The van der Waals surface area contributed by atoms with Gasteiger partial charge in [-0.15, -0.1) is 0 Å². The zero-order chi connectivity index (χ0) is 16.1. The molecule has 3 fully saturated rings. The highest BCUT2D eigenvalue weighted by atomic mass is 15.3. The maximum Gasteiger partial charge on any atom is 0.0402 e. The summed E-state index contributed by atoms with van der Waals surface area (Å²) in [6, 6.07) is 10.9. The maximum absolute atomic E-state index is 2.86. The molecule has 4 heterocycles. The van der Waals surface area contributed by atoms with E-state index in [1.54, 1.807) is 0 Å².